The van der Waals surface area contributed by atoms with Crippen molar-refractivity contribution in [1.29, 1.82) is 5.41 Å². The first-order chi connectivity index (χ1) is 16.5. The number of amidine groups is 3. The Morgan fingerprint density at radius 3 is 2.71 bits per heavy atom. The number of carbonyl (C=O) groups excluding carboxylic acids is 1. The van der Waals surface area contributed by atoms with E-state index in [1.54, 1.807) is 6.08 Å². The summed E-state index contributed by atoms with van der Waals surface area (Å²) in [6.07, 6.45) is 5.91. The average molecular weight is 477 g/mol. The van der Waals surface area contributed by atoms with Crippen LogP contribution in [0.2, 0.25) is 0 Å². The fourth-order valence-electron chi connectivity index (χ4n) is 4.12. The predicted octanol–water partition coefficient (Wildman–Crippen LogP) is 4.18. The summed E-state index contributed by atoms with van der Waals surface area (Å²) in [6, 6.07) is 11.8. The van der Waals surface area contributed by atoms with Gasteiger partial charge in [-0.05, 0) is 67.8 Å². The highest BCUT2D eigenvalue weighted by Gasteiger charge is 2.37. The zero-order valence-corrected chi connectivity index (χ0v) is 20.2. The third kappa shape index (κ3) is 4.65. The van der Waals surface area contributed by atoms with Crippen LogP contribution in [0.15, 0.2) is 58.3 Å². The Bertz CT molecular complexity index is 1190. The lowest BCUT2D eigenvalue weighted by Gasteiger charge is -2.30. The Hall–Kier alpha value is -3.33. The number of aryl methyl sites for hydroxylation is 1. The van der Waals surface area contributed by atoms with Crippen molar-refractivity contribution in [3.63, 3.8) is 0 Å². The molecule has 2 aromatic rings. The number of piperidine rings is 1. The molecule has 0 atom stereocenters. The lowest BCUT2D eigenvalue weighted by molar-refractivity contribution is -0.114. The quantitative estimate of drug-likeness (QED) is 0.654. The maximum absolute atomic E-state index is 12.8. The van der Waals surface area contributed by atoms with E-state index in [4.69, 9.17) is 10.1 Å². The number of amides is 1. The molecule has 1 N–H and O–H groups in total. The minimum Gasteiger partial charge on any atom is -0.492 e. The fourth-order valence-corrected chi connectivity index (χ4v) is 5.06. The van der Waals surface area contributed by atoms with E-state index in [1.165, 1.54) is 22.3 Å². The third-order valence-electron chi connectivity index (χ3n) is 6.28. The van der Waals surface area contributed by atoms with Crippen LogP contribution in [0.25, 0.3) is 6.08 Å². The fraction of sp³-hybridized carbons (Fsp3) is 0.360. The first-order valence-corrected chi connectivity index (χ1v) is 12.4. The highest BCUT2D eigenvalue weighted by Crippen LogP contribution is 2.31. The number of likely N-dealkylation sites (tertiary alicyclic amines) is 1. The molecule has 1 saturated heterocycles. The Kier molecular flexibility index (Phi) is 6.28. The third-order valence-corrected chi connectivity index (χ3v) is 7.25. The van der Waals surface area contributed by atoms with Gasteiger partial charge >= 0.3 is 0 Å². The summed E-state index contributed by atoms with van der Waals surface area (Å²) in [5.41, 5.74) is 2.25. The van der Waals surface area contributed by atoms with Gasteiger partial charge in [0.15, 0.2) is 11.0 Å². The molecule has 5 rings (SSSR count). The van der Waals surface area contributed by atoms with Crippen LogP contribution in [-0.2, 0) is 11.3 Å². The molecule has 0 bridgehead atoms. The summed E-state index contributed by atoms with van der Waals surface area (Å²) in [5.74, 6) is 1.20. The van der Waals surface area contributed by atoms with E-state index in [0.29, 0.717) is 18.3 Å². The van der Waals surface area contributed by atoms with Crippen LogP contribution < -0.4 is 4.74 Å². The van der Waals surface area contributed by atoms with Crippen LogP contribution >= 0.6 is 11.8 Å². The zero-order valence-electron chi connectivity index (χ0n) is 19.4. The second-order valence-electron chi connectivity index (χ2n) is 8.86. The minimum absolute atomic E-state index is 0.0616. The number of ether oxygens (including phenoxy) is 1. The molecule has 8 nitrogen and oxygen atoms in total. The number of benzene rings is 1. The van der Waals surface area contributed by atoms with Crippen LogP contribution in [0.1, 0.15) is 31.0 Å². The maximum Gasteiger partial charge on any atom is 0.283 e. The molecule has 1 amide bonds. The largest absolute Gasteiger partial charge is 0.492 e. The van der Waals surface area contributed by atoms with Crippen molar-refractivity contribution < 1.29 is 9.53 Å². The molecule has 3 aliphatic rings. The van der Waals surface area contributed by atoms with Gasteiger partial charge in [-0.1, -0.05) is 24.6 Å². The van der Waals surface area contributed by atoms with E-state index in [1.807, 2.05) is 54.1 Å². The van der Waals surface area contributed by atoms with E-state index in [2.05, 4.69) is 21.9 Å². The molecule has 0 radical (unpaired) electrons. The van der Waals surface area contributed by atoms with Gasteiger partial charge in [0.25, 0.3) is 5.91 Å². The summed E-state index contributed by atoms with van der Waals surface area (Å²) in [4.78, 5) is 19.3. The van der Waals surface area contributed by atoms with Crippen molar-refractivity contribution in [3.05, 3.63) is 59.4 Å². The molecule has 9 heteroatoms. The summed E-state index contributed by atoms with van der Waals surface area (Å²) in [7, 11) is 0. The van der Waals surface area contributed by atoms with Crippen LogP contribution in [0, 0.1) is 18.3 Å². The van der Waals surface area contributed by atoms with Crippen molar-refractivity contribution in [2.75, 3.05) is 19.7 Å². The first kappa shape index (κ1) is 22.5. The summed E-state index contributed by atoms with van der Waals surface area (Å²) >= 11 is 1.37. The number of thioether (sulfide) groups is 1. The SMILES string of the molecule is Cc1ccc(OCCn2cccc2/C=C2/C(=N)N3N=C(N4CCC(C)CC4)SC3=NC2=O)cc1. The number of carbonyl (C=O) groups is 1. The van der Waals surface area contributed by atoms with Gasteiger partial charge < -0.3 is 14.2 Å². The molecule has 3 aliphatic heterocycles. The highest BCUT2D eigenvalue weighted by atomic mass is 32.2. The molecule has 0 spiro atoms. The lowest BCUT2D eigenvalue weighted by Crippen LogP contribution is -2.36. The Morgan fingerprint density at radius 2 is 1.94 bits per heavy atom. The molecular weight excluding hydrogens is 448 g/mol. The summed E-state index contributed by atoms with van der Waals surface area (Å²) in [6.45, 7) is 7.30. The standard InChI is InChI=1S/C25H28N6O2S/c1-17-5-7-20(8-6-17)33-15-14-29-11-3-4-19(29)16-21-22(26)31-24(27-23(21)32)34-25(28-31)30-12-9-18(2)10-13-30/h3-8,11,16,18,26H,9-10,12-15H2,1-2H3/b21-16-,26-22?. The molecule has 0 unspecified atom stereocenters. The van der Waals surface area contributed by atoms with Gasteiger partial charge in [-0.15, -0.1) is 5.10 Å². The van der Waals surface area contributed by atoms with Crippen LogP contribution in [-0.4, -0.2) is 56.3 Å². The Balaban J connectivity index is 1.28. The topological polar surface area (TPSA) is 86.3 Å². The predicted molar refractivity (Wildman–Crippen MR) is 136 cm³/mol. The summed E-state index contributed by atoms with van der Waals surface area (Å²) in [5, 5.41) is 16.1. The molecule has 34 heavy (non-hydrogen) atoms. The molecule has 4 heterocycles. The number of hydrazone groups is 1. The monoisotopic (exact) mass is 476 g/mol. The van der Waals surface area contributed by atoms with E-state index in [-0.39, 0.29) is 11.4 Å². The Morgan fingerprint density at radius 1 is 1.18 bits per heavy atom. The molecule has 0 aliphatic carbocycles. The number of rotatable bonds is 5. The highest BCUT2D eigenvalue weighted by molar-refractivity contribution is 8.26. The van der Waals surface area contributed by atoms with E-state index in [9.17, 15) is 4.79 Å². The molecule has 176 valence electrons. The smallest absolute Gasteiger partial charge is 0.283 e. The van der Waals surface area contributed by atoms with Crippen molar-refractivity contribution in [2.45, 2.75) is 33.2 Å². The van der Waals surface area contributed by atoms with Gasteiger partial charge in [-0.25, -0.2) is 0 Å². The van der Waals surface area contributed by atoms with Gasteiger partial charge in [0.05, 0.1) is 12.1 Å². The van der Waals surface area contributed by atoms with Crippen LogP contribution in [0.3, 0.4) is 0 Å². The lowest BCUT2D eigenvalue weighted by atomic mass is 10.00. The second-order valence-corrected chi connectivity index (χ2v) is 9.79. The van der Waals surface area contributed by atoms with Gasteiger partial charge in [0, 0.05) is 25.0 Å². The number of nitrogens with one attached hydrogen (secondary N) is 1. The van der Waals surface area contributed by atoms with Crippen molar-refractivity contribution >= 4 is 39.9 Å². The zero-order chi connectivity index (χ0) is 23.7. The molecule has 1 fully saturated rings. The number of aromatic nitrogens is 1. The van der Waals surface area contributed by atoms with Gasteiger partial charge in [-0.3, -0.25) is 10.2 Å². The number of nitrogens with zero attached hydrogens (tertiary/aromatic N) is 5. The number of hydrogen-bond acceptors (Lipinski definition) is 6. The molecule has 1 aromatic carbocycles. The number of aliphatic imine (C=N–C) groups is 1. The normalized spacial score (nSPS) is 20.0. The van der Waals surface area contributed by atoms with Crippen LogP contribution in [0.5, 0.6) is 5.75 Å². The van der Waals surface area contributed by atoms with Gasteiger partial charge in [0.2, 0.25) is 5.17 Å². The van der Waals surface area contributed by atoms with E-state index >= 15 is 0 Å². The van der Waals surface area contributed by atoms with E-state index in [0.717, 1.165) is 48.5 Å². The van der Waals surface area contributed by atoms with Gasteiger partial charge in [0.1, 0.15) is 12.4 Å². The molecule has 0 saturated carbocycles. The van der Waals surface area contributed by atoms with Crippen LogP contribution in [0.4, 0.5) is 0 Å². The molecular formula is C25H28N6O2S. The second kappa shape index (κ2) is 9.50. The van der Waals surface area contributed by atoms with E-state index < -0.39 is 5.91 Å². The number of hydrogen-bond donors (Lipinski definition) is 1. The average Bonchev–Trinajstić information content (AvgIpc) is 3.45. The van der Waals surface area contributed by atoms with Crippen molar-refractivity contribution in [1.82, 2.24) is 14.5 Å². The first-order valence-electron chi connectivity index (χ1n) is 11.6. The van der Waals surface area contributed by atoms with Gasteiger partial charge in [-0.2, -0.15) is 10.0 Å². The van der Waals surface area contributed by atoms with Crippen molar-refractivity contribution in [2.24, 2.45) is 16.0 Å². The minimum atomic E-state index is -0.406. The summed E-state index contributed by atoms with van der Waals surface area (Å²) < 4.78 is 7.85. The maximum atomic E-state index is 12.8. The van der Waals surface area contributed by atoms with Crippen molar-refractivity contribution in [3.8, 4) is 5.75 Å². The Labute approximate surface area is 203 Å². The number of fused-ring (bicyclic) bond motifs is 1. The molecule has 1 aromatic heterocycles.